The highest BCUT2D eigenvalue weighted by Gasteiger charge is 2.26. The van der Waals surface area contributed by atoms with Crippen molar-refractivity contribution in [3.8, 4) is 0 Å². The van der Waals surface area contributed by atoms with Crippen LogP contribution >= 0.6 is 37.2 Å². The first kappa shape index (κ1) is 103. The summed E-state index contributed by atoms with van der Waals surface area (Å²) < 4.78 is 0. The van der Waals surface area contributed by atoms with E-state index in [0.29, 0.717) is 12.8 Å². The predicted molar refractivity (Wildman–Crippen MR) is 352 cm³/mol. The Bertz CT molecular complexity index is 1660. The average molecular weight is 1340 g/mol. The second-order valence-electron chi connectivity index (χ2n) is 21.9. The van der Waals surface area contributed by atoms with Crippen LogP contribution in [0.2, 0.25) is 0 Å². The molecule has 8 unspecified atom stereocenters. The summed E-state index contributed by atoms with van der Waals surface area (Å²) >= 11 is 0. The van der Waals surface area contributed by atoms with Crippen LogP contribution in [0.1, 0.15) is 182 Å². The van der Waals surface area contributed by atoms with Gasteiger partial charge in [0.05, 0.1) is 38.3 Å². The van der Waals surface area contributed by atoms with Gasteiger partial charge in [-0.25, -0.2) is 0 Å². The minimum absolute atomic E-state index is 0. The van der Waals surface area contributed by atoms with E-state index in [1.54, 1.807) is 13.8 Å². The van der Waals surface area contributed by atoms with Gasteiger partial charge in [0.1, 0.15) is 31.2 Å². The molecule has 0 saturated heterocycles. The molecule has 0 rings (SSSR count). The molecule has 530 valence electrons. The van der Waals surface area contributed by atoms with Gasteiger partial charge in [0.2, 0.25) is 29.5 Å². The van der Waals surface area contributed by atoms with Crippen LogP contribution in [0.15, 0.2) is 0 Å². The van der Waals surface area contributed by atoms with Crippen molar-refractivity contribution in [2.24, 2.45) is 35.0 Å². The van der Waals surface area contributed by atoms with E-state index in [0.717, 1.165) is 57.9 Å². The number of amides is 5. The summed E-state index contributed by atoms with van der Waals surface area (Å²) in [6, 6.07) is -0.971. The van der Waals surface area contributed by atoms with Gasteiger partial charge < -0.3 is 84.6 Å². The monoisotopic (exact) mass is 1340 g/mol. The van der Waals surface area contributed by atoms with Crippen molar-refractivity contribution in [3.63, 3.8) is 0 Å². The fraction of sp³-hybridized carbons (Fsp3) is 0.860. The third-order valence-corrected chi connectivity index (χ3v) is 11.4. The number of carbonyl (C=O) groups is 8. The normalized spacial score (nSPS) is 14.5. The van der Waals surface area contributed by atoms with Crippen LogP contribution in [0.3, 0.4) is 0 Å². The molecule has 23 N–H and O–H groups in total. The lowest BCUT2D eigenvalue weighted by Crippen LogP contribution is -2.52. The van der Waals surface area contributed by atoms with E-state index in [-0.39, 0.29) is 135 Å². The Morgan fingerprint density at radius 3 is 1.03 bits per heavy atom. The summed E-state index contributed by atoms with van der Waals surface area (Å²) in [5.41, 5.74) is 16.1. The maximum atomic E-state index is 11.6. The van der Waals surface area contributed by atoms with Crippen molar-refractivity contribution in [3.05, 3.63) is 0 Å². The van der Waals surface area contributed by atoms with E-state index in [9.17, 15) is 74.1 Å². The second kappa shape index (κ2) is 65.0. The molecule has 0 bridgehead atoms. The number of Topliss-reactive ketones (excluding diaryl/α,β-unsaturated/α-hetero) is 2. The highest BCUT2D eigenvalue weighted by Crippen LogP contribution is 2.13. The lowest BCUT2D eigenvalue weighted by molar-refractivity contribution is -0.140. The maximum Gasteiger partial charge on any atom is 0.322 e. The molecular formula is C57H125Cl3N12O16. The Hall–Kier alpha value is -3.53. The second-order valence-corrected chi connectivity index (χ2v) is 21.9. The molecule has 0 heterocycles. The van der Waals surface area contributed by atoms with Crippen LogP contribution in [0, 0.1) is 17.8 Å². The van der Waals surface area contributed by atoms with Crippen LogP contribution in [-0.2, 0) is 38.4 Å². The molecule has 0 saturated carbocycles. The Kier molecular flexibility index (Phi) is 76.3. The van der Waals surface area contributed by atoms with Crippen LogP contribution in [0.25, 0.3) is 0 Å². The van der Waals surface area contributed by atoms with Gasteiger partial charge in [-0.2, -0.15) is 0 Å². The quantitative estimate of drug-likeness (QED) is 0.0358. The van der Waals surface area contributed by atoms with E-state index in [2.05, 4.69) is 47.9 Å². The summed E-state index contributed by atoms with van der Waals surface area (Å²) in [7, 11) is 0. The number of carboxylic acids is 1. The summed E-state index contributed by atoms with van der Waals surface area (Å²) in [6.07, 6.45) is -0.0995. The van der Waals surface area contributed by atoms with Gasteiger partial charge in [0, 0.05) is 36.1 Å². The summed E-state index contributed by atoms with van der Waals surface area (Å²) in [4.78, 5) is 89.5. The Labute approximate surface area is 544 Å². The number of carbonyl (C=O) groups excluding carboxylic acids is 7. The Morgan fingerprint density at radius 1 is 0.409 bits per heavy atom. The maximum absolute atomic E-state index is 11.6. The SMILES string of the molecule is CCCC(C)C(=O)[C@H](O)NCC(=O)NC(C)C.CCCC(C)C(O)C(=O)NCC(=O)O.CCCC(C)C(O)[C@H](O)NCC(=O)NC(C)C.CCCC(N)C(=O)[C@H](O)NCC(=O)NC(C)C.CCCC(N)C(O)[C@H](O)NCC(=O)NC(C)C.CCN.Cl.Cl.Cl. The summed E-state index contributed by atoms with van der Waals surface area (Å²) in [5, 5.41) is 98.3. The van der Waals surface area contributed by atoms with Crippen molar-refractivity contribution in [1.82, 2.24) is 47.9 Å². The van der Waals surface area contributed by atoms with Crippen LogP contribution in [-0.4, -0.2) is 207 Å². The summed E-state index contributed by atoms with van der Waals surface area (Å²) in [6.45, 7) is 32.0. The first-order chi connectivity index (χ1) is 39.4. The van der Waals surface area contributed by atoms with E-state index >= 15 is 0 Å². The highest BCUT2D eigenvalue weighted by atomic mass is 35.5. The molecule has 0 radical (unpaired) electrons. The number of carboxylic acid groups (broad SMARTS) is 1. The van der Waals surface area contributed by atoms with Crippen LogP contribution in [0.5, 0.6) is 0 Å². The molecule has 12 atom stereocenters. The minimum Gasteiger partial charge on any atom is -0.480 e. The van der Waals surface area contributed by atoms with Crippen molar-refractivity contribution in [1.29, 1.82) is 0 Å². The number of nitrogens with two attached hydrogens (primary N) is 3. The smallest absolute Gasteiger partial charge is 0.322 e. The van der Waals surface area contributed by atoms with Crippen molar-refractivity contribution in [2.45, 2.75) is 261 Å². The minimum atomic E-state index is -1.38. The van der Waals surface area contributed by atoms with Gasteiger partial charge in [0.25, 0.3) is 0 Å². The molecule has 0 aromatic carbocycles. The zero-order chi connectivity index (χ0) is 67.5. The first-order valence-corrected chi connectivity index (χ1v) is 30.1. The number of hydrogen-bond acceptors (Lipinski definition) is 22. The number of aliphatic hydroxyl groups excluding tert-OH is 7. The molecule has 0 fully saturated rings. The molecule has 0 aliphatic rings. The zero-order valence-corrected chi connectivity index (χ0v) is 58.3. The molecule has 88 heavy (non-hydrogen) atoms. The van der Waals surface area contributed by atoms with Gasteiger partial charge in [-0.15, -0.1) is 37.2 Å². The Balaban J connectivity index is -0.000000124. The van der Waals surface area contributed by atoms with E-state index in [4.69, 9.17) is 22.3 Å². The standard InChI is InChI=1S/C12H26N2O3.C12H24N2O3.C11H25N3O3.C11H23N3O3.C9H17NO4.C2H7N.3ClH/c2*1-5-6-9(4)11(16)12(17)13-7-10(15)14-8(2)3;2*1-4-5-8(12)10(16)11(17)13-6-9(15)14-7(2)3;1-3-4-6(2)8(13)9(14)10-5-7(11)12;1-2-3;;;/h8-9,11-13,16-17H,5-7H2,1-4H3,(H,14,15);8-9,12-13,17H,5-7H2,1-4H3,(H,14,15);7-8,10-11,13,16-17H,4-6,12H2,1-3H3,(H,14,15);7-8,11,13,17H,4-6,12H2,1-3H3,(H,14,15);6,8,13H,3-5H2,1-2H3,(H,10,14)(H,11,12);2-3H2,1H3;3*1H/t9?,11?,12-;9?,12-;8?,10?,11-;8?,11-;;;;;/m0000...../s1. The molecule has 28 nitrogen and oxygen atoms in total. The zero-order valence-electron chi connectivity index (χ0n) is 55.9. The summed E-state index contributed by atoms with van der Waals surface area (Å²) in [5.74, 6) is -3.70. The number of aliphatic carboxylic acids is 1. The van der Waals surface area contributed by atoms with E-state index < -0.39 is 79.5 Å². The van der Waals surface area contributed by atoms with E-state index in [1.807, 2.05) is 104 Å². The number of ketones is 2. The molecule has 0 spiro atoms. The number of halogens is 3. The van der Waals surface area contributed by atoms with Gasteiger partial charge in [0.15, 0.2) is 24.0 Å². The van der Waals surface area contributed by atoms with Crippen molar-refractivity contribution < 1.29 is 79.2 Å². The van der Waals surface area contributed by atoms with Gasteiger partial charge in [-0.3, -0.25) is 59.6 Å². The number of nitrogens with one attached hydrogen (secondary N) is 9. The molecule has 0 aromatic rings. The molecule has 0 aliphatic carbocycles. The first-order valence-electron chi connectivity index (χ1n) is 30.1. The molecule has 5 amide bonds. The predicted octanol–water partition coefficient (Wildman–Crippen LogP) is -0.122. The lowest BCUT2D eigenvalue weighted by Gasteiger charge is -2.24. The third kappa shape index (κ3) is 64.0. The van der Waals surface area contributed by atoms with Crippen LogP contribution < -0.4 is 65.1 Å². The third-order valence-electron chi connectivity index (χ3n) is 11.4. The fourth-order valence-electron chi connectivity index (χ4n) is 7.02. The lowest BCUT2D eigenvalue weighted by atomic mass is 9.98. The average Bonchev–Trinajstić information content (AvgIpc) is 3.42. The fourth-order valence-corrected chi connectivity index (χ4v) is 7.02. The van der Waals surface area contributed by atoms with Gasteiger partial charge in [-0.1, -0.05) is 94.4 Å². The largest absolute Gasteiger partial charge is 0.480 e. The highest BCUT2D eigenvalue weighted by molar-refractivity contribution is 5.88. The number of rotatable bonds is 38. The van der Waals surface area contributed by atoms with Crippen LogP contribution in [0.4, 0.5) is 0 Å². The van der Waals surface area contributed by atoms with Crippen molar-refractivity contribution in [2.75, 3.05) is 39.3 Å². The van der Waals surface area contributed by atoms with Crippen molar-refractivity contribution >= 4 is 84.3 Å². The molecule has 31 heteroatoms. The topological polar surface area (TPSA) is 485 Å². The number of hydrogen-bond donors (Lipinski definition) is 20. The molecule has 0 aliphatic heterocycles. The number of aliphatic hydroxyl groups is 7. The Morgan fingerprint density at radius 2 is 0.716 bits per heavy atom. The molecule has 0 aromatic heterocycles. The van der Waals surface area contributed by atoms with Gasteiger partial charge in [-0.05, 0) is 106 Å². The molecular weight excluding hydrogens is 1220 g/mol. The van der Waals surface area contributed by atoms with Gasteiger partial charge >= 0.3 is 5.97 Å². The van der Waals surface area contributed by atoms with E-state index in [1.165, 1.54) is 0 Å².